The van der Waals surface area contributed by atoms with Gasteiger partial charge < -0.3 is 14.8 Å². The van der Waals surface area contributed by atoms with Crippen molar-refractivity contribution in [3.05, 3.63) is 54.1 Å². The molecule has 0 radical (unpaired) electrons. The molecule has 0 aliphatic carbocycles. The molecule has 0 unspecified atom stereocenters. The number of carbonyl (C=O) groups excluding carboxylic acids is 1. The summed E-state index contributed by atoms with van der Waals surface area (Å²) >= 11 is 0. The highest BCUT2D eigenvalue weighted by molar-refractivity contribution is 7.89. The monoisotopic (exact) mass is 462 g/mol. The van der Waals surface area contributed by atoms with Crippen LogP contribution in [0.4, 0.5) is 0 Å². The number of rotatable bonds is 10. The smallest absolute Gasteiger partial charge is 0.261 e. The first-order valence-electron chi connectivity index (χ1n) is 10.7. The Labute approximate surface area is 191 Å². The maximum Gasteiger partial charge on any atom is 0.261 e. The number of benzene rings is 2. The molecular formula is C24H34N2O5S. The number of amides is 1. The van der Waals surface area contributed by atoms with Crippen molar-refractivity contribution in [1.82, 2.24) is 9.62 Å². The van der Waals surface area contributed by atoms with Gasteiger partial charge in [-0.15, -0.1) is 0 Å². The van der Waals surface area contributed by atoms with Crippen LogP contribution >= 0.6 is 0 Å². The van der Waals surface area contributed by atoms with Crippen LogP contribution in [0.25, 0.3) is 0 Å². The lowest BCUT2D eigenvalue weighted by Gasteiger charge is -2.21. The largest absolute Gasteiger partial charge is 0.492 e. The molecule has 1 atom stereocenters. The second-order valence-electron chi connectivity index (χ2n) is 8.69. The predicted octanol–water partition coefficient (Wildman–Crippen LogP) is 3.59. The molecule has 0 aliphatic rings. The minimum absolute atomic E-state index is 0.0565. The third-order valence-electron chi connectivity index (χ3n) is 4.93. The SMILES string of the molecule is CC[C@@H](Oc1ccc(C(C)(C)C)cc1)C(=O)NCCOc1ccc(S(=O)(=O)N(C)C)cc1. The highest BCUT2D eigenvalue weighted by Crippen LogP contribution is 2.25. The summed E-state index contributed by atoms with van der Waals surface area (Å²) in [5.41, 5.74) is 1.26. The van der Waals surface area contributed by atoms with E-state index in [-0.39, 0.29) is 22.8 Å². The summed E-state index contributed by atoms with van der Waals surface area (Å²) in [4.78, 5) is 12.7. The number of nitrogens with zero attached hydrogens (tertiary/aromatic N) is 1. The fourth-order valence-electron chi connectivity index (χ4n) is 2.90. The van der Waals surface area contributed by atoms with Crippen molar-refractivity contribution in [3.8, 4) is 11.5 Å². The predicted molar refractivity (Wildman–Crippen MR) is 126 cm³/mol. The van der Waals surface area contributed by atoms with E-state index in [0.717, 1.165) is 4.31 Å². The van der Waals surface area contributed by atoms with Gasteiger partial charge in [0.25, 0.3) is 5.91 Å². The lowest BCUT2D eigenvalue weighted by molar-refractivity contribution is -0.128. The molecule has 0 spiro atoms. The third kappa shape index (κ3) is 6.97. The van der Waals surface area contributed by atoms with Gasteiger partial charge in [-0.05, 0) is 53.8 Å². The lowest BCUT2D eigenvalue weighted by Crippen LogP contribution is -2.39. The van der Waals surface area contributed by atoms with E-state index in [1.54, 1.807) is 12.1 Å². The zero-order chi connectivity index (χ0) is 23.9. The average Bonchev–Trinajstić information content (AvgIpc) is 2.74. The summed E-state index contributed by atoms with van der Waals surface area (Å²) in [5.74, 6) is 0.978. The zero-order valence-corrected chi connectivity index (χ0v) is 20.5. The van der Waals surface area contributed by atoms with Crippen molar-refractivity contribution in [3.63, 3.8) is 0 Å². The van der Waals surface area contributed by atoms with Gasteiger partial charge in [0.05, 0.1) is 11.4 Å². The number of nitrogens with one attached hydrogen (secondary N) is 1. The van der Waals surface area contributed by atoms with Crippen LogP contribution in [-0.2, 0) is 20.2 Å². The minimum Gasteiger partial charge on any atom is -0.492 e. The molecule has 0 saturated heterocycles. The van der Waals surface area contributed by atoms with Crippen LogP contribution < -0.4 is 14.8 Å². The number of hydrogen-bond donors (Lipinski definition) is 1. The van der Waals surface area contributed by atoms with Gasteiger partial charge in [0.1, 0.15) is 18.1 Å². The molecule has 0 fully saturated rings. The van der Waals surface area contributed by atoms with Gasteiger partial charge in [0.2, 0.25) is 10.0 Å². The van der Waals surface area contributed by atoms with Crippen LogP contribution in [0, 0.1) is 0 Å². The first-order valence-corrected chi connectivity index (χ1v) is 12.1. The molecule has 2 rings (SSSR count). The van der Waals surface area contributed by atoms with Crippen molar-refractivity contribution in [2.24, 2.45) is 0 Å². The van der Waals surface area contributed by atoms with Gasteiger partial charge in [0.15, 0.2) is 6.10 Å². The van der Waals surface area contributed by atoms with Crippen molar-refractivity contribution < 1.29 is 22.7 Å². The van der Waals surface area contributed by atoms with Gasteiger partial charge >= 0.3 is 0 Å². The Morgan fingerprint density at radius 3 is 2.06 bits per heavy atom. The maximum atomic E-state index is 12.5. The number of sulfonamides is 1. The summed E-state index contributed by atoms with van der Waals surface area (Å²) in [6, 6.07) is 14.0. The van der Waals surface area contributed by atoms with Crippen LogP contribution in [0.5, 0.6) is 11.5 Å². The first-order chi connectivity index (χ1) is 14.9. The van der Waals surface area contributed by atoms with Gasteiger partial charge in [-0.3, -0.25) is 4.79 Å². The molecule has 0 heterocycles. The molecule has 0 bridgehead atoms. The zero-order valence-electron chi connectivity index (χ0n) is 19.7. The first kappa shape index (κ1) is 25.7. The van der Waals surface area contributed by atoms with Crippen molar-refractivity contribution in [2.75, 3.05) is 27.2 Å². The van der Waals surface area contributed by atoms with Crippen molar-refractivity contribution >= 4 is 15.9 Å². The van der Waals surface area contributed by atoms with Crippen LogP contribution in [0.1, 0.15) is 39.7 Å². The molecule has 1 amide bonds. The normalized spacial score (nSPS) is 13.0. The molecule has 176 valence electrons. The Kier molecular flexibility index (Phi) is 8.69. The number of hydrogen-bond acceptors (Lipinski definition) is 5. The van der Waals surface area contributed by atoms with E-state index in [2.05, 4.69) is 26.1 Å². The molecule has 0 aromatic heterocycles. The number of ether oxygens (including phenoxy) is 2. The second kappa shape index (κ2) is 10.8. The molecule has 1 N–H and O–H groups in total. The fraction of sp³-hybridized carbons (Fsp3) is 0.458. The van der Waals surface area contributed by atoms with Gasteiger partial charge in [0, 0.05) is 14.1 Å². The summed E-state index contributed by atoms with van der Waals surface area (Å²) in [7, 11) is -0.506. The van der Waals surface area contributed by atoms with Crippen LogP contribution in [0.15, 0.2) is 53.4 Å². The van der Waals surface area contributed by atoms with Gasteiger partial charge in [-0.2, -0.15) is 0 Å². The molecule has 32 heavy (non-hydrogen) atoms. The van der Waals surface area contributed by atoms with E-state index < -0.39 is 16.1 Å². The molecule has 0 saturated carbocycles. The highest BCUT2D eigenvalue weighted by atomic mass is 32.2. The molecule has 8 heteroatoms. The maximum absolute atomic E-state index is 12.5. The van der Waals surface area contributed by atoms with E-state index in [1.165, 1.54) is 31.8 Å². The van der Waals surface area contributed by atoms with Crippen LogP contribution in [0.2, 0.25) is 0 Å². The van der Waals surface area contributed by atoms with E-state index in [0.29, 0.717) is 24.5 Å². The third-order valence-corrected chi connectivity index (χ3v) is 6.76. The Hall–Kier alpha value is -2.58. The molecule has 0 aliphatic heterocycles. The average molecular weight is 463 g/mol. The van der Waals surface area contributed by atoms with Crippen LogP contribution in [0.3, 0.4) is 0 Å². The Bertz CT molecular complexity index is 979. The van der Waals surface area contributed by atoms with E-state index in [9.17, 15) is 13.2 Å². The Morgan fingerprint density at radius 1 is 1.00 bits per heavy atom. The minimum atomic E-state index is -3.47. The topological polar surface area (TPSA) is 84.9 Å². The highest BCUT2D eigenvalue weighted by Gasteiger charge is 2.19. The molecule has 7 nitrogen and oxygen atoms in total. The van der Waals surface area contributed by atoms with E-state index in [4.69, 9.17) is 9.47 Å². The molecular weight excluding hydrogens is 428 g/mol. The van der Waals surface area contributed by atoms with Gasteiger partial charge in [-0.25, -0.2) is 12.7 Å². The second-order valence-corrected chi connectivity index (χ2v) is 10.8. The standard InChI is InChI=1S/C24H34N2O5S/c1-7-22(31-20-10-8-18(9-11-20)24(2,3)4)23(27)25-16-17-30-19-12-14-21(15-13-19)32(28,29)26(5)6/h8-15,22H,7,16-17H2,1-6H3,(H,25,27)/t22-/m1/s1. The van der Waals surface area contributed by atoms with E-state index >= 15 is 0 Å². The fourth-order valence-corrected chi connectivity index (χ4v) is 3.80. The Morgan fingerprint density at radius 2 is 1.56 bits per heavy atom. The number of carbonyl (C=O) groups is 1. The molecule has 2 aromatic carbocycles. The lowest BCUT2D eigenvalue weighted by atomic mass is 9.87. The molecule has 2 aromatic rings. The summed E-state index contributed by atoms with van der Waals surface area (Å²) in [5, 5.41) is 2.82. The summed E-state index contributed by atoms with van der Waals surface area (Å²) in [6.07, 6.45) is -0.0544. The van der Waals surface area contributed by atoms with Gasteiger partial charge in [-0.1, -0.05) is 39.8 Å². The summed E-state index contributed by atoms with van der Waals surface area (Å²) < 4.78 is 36.8. The van der Waals surface area contributed by atoms with Crippen molar-refractivity contribution in [2.45, 2.75) is 50.5 Å². The summed E-state index contributed by atoms with van der Waals surface area (Å²) in [6.45, 7) is 8.89. The van der Waals surface area contributed by atoms with Crippen molar-refractivity contribution in [1.29, 1.82) is 0 Å². The van der Waals surface area contributed by atoms with E-state index in [1.807, 2.05) is 31.2 Å². The Balaban J connectivity index is 1.82. The quantitative estimate of drug-likeness (QED) is 0.546. The van der Waals surface area contributed by atoms with Crippen LogP contribution in [-0.4, -0.2) is 52.0 Å².